The van der Waals surface area contributed by atoms with Gasteiger partial charge in [0, 0.05) is 5.56 Å². The highest BCUT2D eigenvalue weighted by Gasteiger charge is 2.43. The van der Waals surface area contributed by atoms with Crippen LogP contribution in [-0.4, -0.2) is 22.5 Å². The van der Waals surface area contributed by atoms with Gasteiger partial charge in [-0.15, -0.1) is 0 Å². The van der Waals surface area contributed by atoms with Gasteiger partial charge in [0.1, 0.15) is 0 Å². The van der Waals surface area contributed by atoms with Crippen LogP contribution in [0.25, 0.3) is 11.1 Å². The molecule has 0 spiro atoms. The topological polar surface area (TPSA) is 83.3 Å². The number of nitrogens with one attached hydrogen (secondary N) is 1. The Morgan fingerprint density at radius 3 is 2.83 bits per heavy atom. The zero-order valence-electron chi connectivity index (χ0n) is 9.73. The van der Waals surface area contributed by atoms with Crippen molar-refractivity contribution in [3.05, 3.63) is 34.3 Å². The lowest BCUT2D eigenvalue weighted by molar-refractivity contribution is 0.0348. The summed E-state index contributed by atoms with van der Waals surface area (Å²) in [7, 11) is 0. The fourth-order valence-corrected chi connectivity index (χ4v) is 2.45. The van der Waals surface area contributed by atoms with E-state index in [4.69, 9.17) is 4.42 Å². The number of aromatic nitrogens is 1. The van der Waals surface area contributed by atoms with Crippen LogP contribution in [-0.2, 0) is 0 Å². The number of rotatable bonds is 3. The number of fused-ring (bicyclic) bond motifs is 1. The van der Waals surface area contributed by atoms with Gasteiger partial charge in [-0.1, -0.05) is 6.42 Å². The summed E-state index contributed by atoms with van der Waals surface area (Å²) in [6, 6.07) is 4.87. The molecule has 1 fully saturated rings. The number of Topliss-reactive ketones (excluding diaryl/α,β-unsaturated/α-hetero) is 1. The second-order valence-electron chi connectivity index (χ2n) is 4.85. The maximum atomic E-state index is 12.3. The molecule has 5 nitrogen and oxygen atoms in total. The Labute approximate surface area is 102 Å². The Kier molecular flexibility index (Phi) is 2.38. The van der Waals surface area contributed by atoms with Crippen molar-refractivity contribution in [1.82, 2.24) is 4.98 Å². The van der Waals surface area contributed by atoms with Gasteiger partial charge in [-0.3, -0.25) is 9.78 Å². The third kappa shape index (κ3) is 1.51. The Hall–Kier alpha value is -1.88. The van der Waals surface area contributed by atoms with Crippen LogP contribution >= 0.6 is 0 Å². The number of aromatic amines is 1. The van der Waals surface area contributed by atoms with Gasteiger partial charge in [-0.25, -0.2) is 4.79 Å². The van der Waals surface area contributed by atoms with Gasteiger partial charge >= 0.3 is 5.76 Å². The summed E-state index contributed by atoms with van der Waals surface area (Å²) in [5.74, 6) is -0.600. The number of benzene rings is 1. The molecule has 5 heteroatoms. The Bertz CT molecular complexity index is 657. The summed E-state index contributed by atoms with van der Waals surface area (Å²) >= 11 is 0. The van der Waals surface area contributed by atoms with Gasteiger partial charge in [0.15, 0.2) is 11.4 Å². The number of ketones is 1. The smallest absolute Gasteiger partial charge is 0.408 e. The monoisotopic (exact) mass is 247 g/mol. The van der Waals surface area contributed by atoms with Crippen molar-refractivity contribution >= 4 is 16.9 Å². The fourth-order valence-electron chi connectivity index (χ4n) is 2.45. The minimum Gasteiger partial charge on any atom is -0.408 e. The molecular weight excluding hydrogens is 234 g/mol. The van der Waals surface area contributed by atoms with Gasteiger partial charge in [-0.05, 0) is 31.0 Å². The number of hydrogen-bond donors (Lipinski definition) is 2. The number of carbonyl (C=O) groups is 1. The van der Waals surface area contributed by atoms with Gasteiger partial charge in [-0.2, -0.15) is 0 Å². The quantitative estimate of drug-likeness (QED) is 0.804. The molecular formula is C13H13NO4. The van der Waals surface area contributed by atoms with Crippen molar-refractivity contribution in [2.24, 2.45) is 5.41 Å². The number of carbonyl (C=O) groups excluding carboxylic acids is 1. The first-order valence-corrected chi connectivity index (χ1v) is 5.93. The maximum Gasteiger partial charge on any atom is 0.417 e. The molecule has 2 N–H and O–H groups in total. The summed E-state index contributed by atoms with van der Waals surface area (Å²) < 4.78 is 4.93. The number of oxazole rings is 1. The maximum absolute atomic E-state index is 12.3. The highest BCUT2D eigenvalue weighted by atomic mass is 16.4. The molecule has 1 aliphatic carbocycles. The normalized spacial score (nSPS) is 17.6. The average Bonchev–Trinajstić information content (AvgIpc) is 2.67. The highest BCUT2D eigenvalue weighted by Crippen LogP contribution is 2.43. The number of aliphatic hydroxyl groups excluding tert-OH is 1. The zero-order chi connectivity index (χ0) is 12.8. The van der Waals surface area contributed by atoms with E-state index in [0.717, 1.165) is 19.3 Å². The zero-order valence-corrected chi connectivity index (χ0v) is 9.73. The lowest BCUT2D eigenvalue weighted by Crippen LogP contribution is -2.41. The molecule has 18 heavy (non-hydrogen) atoms. The molecule has 3 rings (SSSR count). The van der Waals surface area contributed by atoms with Crippen molar-refractivity contribution in [3.63, 3.8) is 0 Å². The van der Waals surface area contributed by atoms with Gasteiger partial charge in [0.2, 0.25) is 0 Å². The van der Waals surface area contributed by atoms with Crippen molar-refractivity contribution in [3.8, 4) is 0 Å². The van der Waals surface area contributed by atoms with E-state index in [-0.39, 0.29) is 12.4 Å². The molecule has 0 aliphatic heterocycles. The molecule has 0 atom stereocenters. The summed E-state index contributed by atoms with van der Waals surface area (Å²) in [5.41, 5.74) is 0.810. The van der Waals surface area contributed by atoms with E-state index in [1.165, 1.54) is 0 Å². The van der Waals surface area contributed by atoms with Crippen LogP contribution in [0.4, 0.5) is 0 Å². The fraction of sp³-hybridized carbons (Fsp3) is 0.385. The first kappa shape index (κ1) is 11.2. The second kappa shape index (κ2) is 3.81. The van der Waals surface area contributed by atoms with Crippen LogP contribution in [0.1, 0.15) is 29.6 Å². The van der Waals surface area contributed by atoms with Crippen molar-refractivity contribution in [2.75, 3.05) is 6.61 Å². The molecule has 1 aliphatic rings. The van der Waals surface area contributed by atoms with Gasteiger partial charge in [0.05, 0.1) is 17.5 Å². The average molecular weight is 247 g/mol. The minimum atomic E-state index is -0.621. The van der Waals surface area contributed by atoms with E-state index in [1.807, 2.05) is 0 Å². The van der Waals surface area contributed by atoms with Crippen LogP contribution in [0.5, 0.6) is 0 Å². The summed E-state index contributed by atoms with van der Waals surface area (Å²) in [5, 5.41) is 9.39. The van der Waals surface area contributed by atoms with Crippen LogP contribution in [0, 0.1) is 5.41 Å². The van der Waals surface area contributed by atoms with Crippen LogP contribution in [0.3, 0.4) is 0 Å². The van der Waals surface area contributed by atoms with Crippen molar-refractivity contribution < 1.29 is 14.3 Å². The van der Waals surface area contributed by atoms with Crippen LogP contribution < -0.4 is 5.76 Å². The molecule has 0 unspecified atom stereocenters. The second-order valence-corrected chi connectivity index (χ2v) is 4.85. The van der Waals surface area contributed by atoms with Gasteiger partial charge in [0.25, 0.3) is 0 Å². The Morgan fingerprint density at radius 1 is 1.44 bits per heavy atom. The Balaban J connectivity index is 2.03. The SMILES string of the molecule is O=C(c1ccc2[nH]c(=O)oc2c1)C1(CO)CCC1. The largest absolute Gasteiger partial charge is 0.417 e. The predicted octanol–water partition coefficient (Wildman–Crippen LogP) is 1.47. The first-order valence-electron chi connectivity index (χ1n) is 5.93. The highest BCUT2D eigenvalue weighted by molar-refractivity contribution is 6.03. The summed E-state index contributed by atoms with van der Waals surface area (Å²) in [6.45, 7) is -0.124. The third-order valence-corrected chi connectivity index (χ3v) is 3.78. The standard InChI is InChI=1S/C13H13NO4/c15-7-13(4-1-5-13)11(16)8-2-3-9-10(6-8)18-12(17)14-9/h2-3,6,15H,1,4-5,7H2,(H,14,17). The molecule has 0 bridgehead atoms. The van der Waals surface area contributed by atoms with Crippen molar-refractivity contribution in [2.45, 2.75) is 19.3 Å². The van der Waals surface area contributed by atoms with E-state index < -0.39 is 11.2 Å². The lowest BCUT2D eigenvalue weighted by atomic mass is 9.65. The molecule has 1 heterocycles. The molecule has 94 valence electrons. The molecule has 0 amide bonds. The molecule has 1 aromatic carbocycles. The molecule has 1 aromatic heterocycles. The Morgan fingerprint density at radius 2 is 2.22 bits per heavy atom. The molecule has 2 aromatic rings. The van der Waals surface area contributed by atoms with E-state index in [1.54, 1.807) is 18.2 Å². The van der Waals surface area contributed by atoms with Crippen LogP contribution in [0.15, 0.2) is 27.4 Å². The van der Waals surface area contributed by atoms with E-state index in [9.17, 15) is 14.7 Å². The van der Waals surface area contributed by atoms with E-state index >= 15 is 0 Å². The summed E-state index contributed by atoms with van der Waals surface area (Å²) in [4.78, 5) is 25.9. The predicted molar refractivity (Wildman–Crippen MR) is 64.5 cm³/mol. The molecule has 0 radical (unpaired) electrons. The summed E-state index contributed by atoms with van der Waals surface area (Å²) in [6.07, 6.45) is 2.41. The van der Waals surface area contributed by atoms with Gasteiger partial charge < -0.3 is 9.52 Å². The van der Waals surface area contributed by atoms with E-state index in [2.05, 4.69) is 4.98 Å². The first-order chi connectivity index (χ1) is 8.64. The molecule has 0 saturated heterocycles. The number of H-pyrrole nitrogens is 1. The van der Waals surface area contributed by atoms with Crippen molar-refractivity contribution in [1.29, 1.82) is 0 Å². The molecule has 1 saturated carbocycles. The number of aliphatic hydroxyl groups is 1. The van der Waals surface area contributed by atoms with Crippen LogP contribution in [0.2, 0.25) is 0 Å². The lowest BCUT2D eigenvalue weighted by Gasteiger charge is -2.38. The number of hydrogen-bond acceptors (Lipinski definition) is 4. The third-order valence-electron chi connectivity index (χ3n) is 3.78. The minimum absolute atomic E-state index is 0.0676. The van der Waals surface area contributed by atoms with E-state index in [0.29, 0.717) is 16.7 Å².